The molecule has 1 rings (SSSR count). The van der Waals surface area contributed by atoms with Gasteiger partial charge in [0.15, 0.2) is 0 Å². The van der Waals surface area contributed by atoms with Crippen molar-refractivity contribution in [2.24, 2.45) is 5.92 Å². The van der Waals surface area contributed by atoms with E-state index in [1.165, 1.54) is 19.3 Å². The molecule has 0 aromatic rings. The normalized spacial score (nSPS) is 20.8. The molecule has 0 aromatic carbocycles. The summed E-state index contributed by atoms with van der Waals surface area (Å²) in [7, 11) is 4.33. The van der Waals surface area contributed by atoms with Crippen LogP contribution in [0.3, 0.4) is 0 Å². The van der Waals surface area contributed by atoms with Gasteiger partial charge in [-0.1, -0.05) is 20.3 Å². The maximum Gasteiger partial charge on any atom is 0.0243 e. The maximum absolute atomic E-state index is 3.29. The Morgan fingerprint density at radius 2 is 2.00 bits per heavy atom. The zero-order valence-electron chi connectivity index (χ0n) is 9.51. The van der Waals surface area contributed by atoms with Gasteiger partial charge in [0.1, 0.15) is 0 Å². The van der Waals surface area contributed by atoms with Gasteiger partial charge in [-0.05, 0) is 32.9 Å². The molecule has 2 heteroatoms. The van der Waals surface area contributed by atoms with Gasteiger partial charge in [0, 0.05) is 18.6 Å². The molecule has 78 valence electrons. The molecule has 0 radical (unpaired) electrons. The summed E-state index contributed by atoms with van der Waals surface area (Å²) in [5.41, 5.74) is 0. The lowest BCUT2D eigenvalue weighted by molar-refractivity contribution is 0.0851. The molecule has 0 amide bonds. The predicted molar refractivity (Wildman–Crippen MR) is 58.0 cm³/mol. The van der Waals surface area contributed by atoms with Crippen molar-refractivity contribution in [2.45, 2.75) is 45.2 Å². The van der Waals surface area contributed by atoms with Crippen molar-refractivity contribution in [3.8, 4) is 0 Å². The van der Waals surface area contributed by atoms with Crippen LogP contribution in [0.1, 0.15) is 33.1 Å². The van der Waals surface area contributed by atoms with E-state index in [1.54, 1.807) is 0 Å². The largest absolute Gasteiger partial charge is 0.318 e. The summed E-state index contributed by atoms with van der Waals surface area (Å²) >= 11 is 0. The number of likely N-dealkylation sites (N-methyl/N-ethyl adjacent to an activating group) is 2. The molecule has 0 heterocycles. The number of hydrogen-bond acceptors (Lipinski definition) is 2. The van der Waals surface area contributed by atoms with E-state index in [0.29, 0.717) is 6.04 Å². The average molecular weight is 184 g/mol. The lowest BCUT2D eigenvalue weighted by atomic mass is 9.89. The van der Waals surface area contributed by atoms with E-state index in [0.717, 1.165) is 18.5 Å². The van der Waals surface area contributed by atoms with E-state index in [4.69, 9.17) is 0 Å². The van der Waals surface area contributed by atoms with Crippen LogP contribution in [0, 0.1) is 5.92 Å². The van der Waals surface area contributed by atoms with Crippen LogP contribution < -0.4 is 5.32 Å². The summed E-state index contributed by atoms with van der Waals surface area (Å²) in [5, 5.41) is 3.29. The van der Waals surface area contributed by atoms with E-state index in [2.05, 4.69) is 31.1 Å². The highest BCUT2D eigenvalue weighted by molar-refractivity contribution is 4.84. The zero-order valence-corrected chi connectivity index (χ0v) is 9.51. The summed E-state index contributed by atoms with van der Waals surface area (Å²) in [6, 6.07) is 1.57. The monoisotopic (exact) mass is 184 g/mol. The van der Waals surface area contributed by atoms with Crippen LogP contribution >= 0.6 is 0 Å². The number of nitrogens with one attached hydrogen (secondary N) is 1. The third-order valence-electron chi connectivity index (χ3n) is 3.36. The molecular weight excluding hydrogens is 160 g/mol. The van der Waals surface area contributed by atoms with Crippen molar-refractivity contribution >= 4 is 0 Å². The molecule has 1 aliphatic rings. The fourth-order valence-corrected chi connectivity index (χ4v) is 2.12. The second-order valence-electron chi connectivity index (χ2n) is 4.62. The third kappa shape index (κ3) is 2.68. The molecule has 2 nitrogen and oxygen atoms in total. The van der Waals surface area contributed by atoms with Crippen molar-refractivity contribution < 1.29 is 0 Å². The molecule has 1 fully saturated rings. The highest BCUT2D eigenvalue weighted by atomic mass is 15.2. The molecule has 0 aliphatic heterocycles. The van der Waals surface area contributed by atoms with Crippen molar-refractivity contribution in [1.29, 1.82) is 0 Å². The second-order valence-corrected chi connectivity index (χ2v) is 4.62. The zero-order chi connectivity index (χ0) is 9.84. The SMILES string of the molecule is CNCC(C(C)C)N(C)C1CCC1. The van der Waals surface area contributed by atoms with Crippen LogP contribution in [0.15, 0.2) is 0 Å². The lowest BCUT2D eigenvalue weighted by Gasteiger charge is -2.41. The van der Waals surface area contributed by atoms with Gasteiger partial charge < -0.3 is 5.32 Å². The minimum absolute atomic E-state index is 0.704. The molecule has 0 saturated heterocycles. The highest BCUT2D eigenvalue weighted by Gasteiger charge is 2.28. The van der Waals surface area contributed by atoms with E-state index >= 15 is 0 Å². The van der Waals surface area contributed by atoms with Gasteiger partial charge in [-0.25, -0.2) is 0 Å². The quantitative estimate of drug-likeness (QED) is 0.700. The van der Waals surface area contributed by atoms with Crippen LogP contribution in [0.5, 0.6) is 0 Å². The Bertz CT molecular complexity index is 141. The first kappa shape index (κ1) is 11.0. The van der Waals surface area contributed by atoms with Gasteiger partial charge in [0.05, 0.1) is 0 Å². The smallest absolute Gasteiger partial charge is 0.0243 e. The number of rotatable bonds is 5. The fourth-order valence-electron chi connectivity index (χ4n) is 2.12. The lowest BCUT2D eigenvalue weighted by Crippen LogP contribution is -2.50. The van der Waals surface area contributed by atoms with Crippen molar-refractivity contribution in [2.75, 3.05) is 20.6 Å². The maximum atomic E-state index is 3.29. The van der Waals surface area contributed by atoms with E-state index in [-0.39, 0.29) is 0 Å². The van der Waals surface area contributed by atoms with Crippen molar-refractivity contribution in [1.82, 2.24) is 10.2 Å². The third-order valence-corrected chi connectivity index (χ3v) is 3.36. The Kier molecular flexibility index (Phi) is 4.20. The summed E-state index contributed by atoms with van der Waals surface area (Å²) in [6.07, 6.45) is 4.24. The van der Waals surface area contributed by atoms with Gasteiger partial charge in [-0.3, -0.25) is 4.90 Å². The highest BCUT2D eigenvalue weighted by Crippen LogP contribution is 2.26. The Morgan fingerprint density at radius 3 is 2.31 bits per heavy atom. The molecule has 1 aliphatic carbocycles. The Balaban J connectivity index is 2.41. The van der Waals surface area contributed by atoms with Gasteiger partial charge in [0.25, 0.3) is 0 Å². The summed E-state index contributed by atoms with van der Waals surface area (Å²) in [5.74, 6) is 0.748. The molecule has 1 atom stereocenters. The summed E-state index contributed by atoms with van der Waals surface area (Å²) < 4.78 is 0. The summed E-state index contributed by atoms with van der Waals surface area (Å²) in [6.45, 7) is 5.75. The van der Waals surface area contributed by atoms with E-state index in [1.807, 2.05) is 7.05 Å². The molecule has 0 aromatic heterocycles. The fraction of sp³-hybridized carbons (Fsp3) is 1.00. The van der Waals surface area contributed by atoms with Crippen LogP contribution in [0.25, 0.3) is 0 Å². The van der Waals surface area contributed by atoms with Crippen molar-refractivity contribution in [3.05, 3.63) is 0 Å². The van der Waals surface area contributed by atoms with Gasteiger partial charge in [0.2, 0.25) is 0 Å². The molecule has 1 N–H and O–H groups in total. The van der Waals surface area contributed by atoms with Crippen LogP contribution in [0.2, 0.25) is 0 Å². The van der Waals surface area contributed by atoms with Crippen LogP contribution in [0.4, 0.5) is 0 Å². The summed E-state index contributed by atoms with van der Waals surface area (Å²) in [4.78, 5) is 2.57. The van der Waals surface area contributed by atoms with Gasteiger partial charge in [-0.2, -0.15) is 0 Å². The van der Waals surface area contributed by atoms with Crippen LogP contribution in [-0.2, 0) is 0 Å². The second kappa shape index (κ2) is 4.97. The minimum Gasteiger partial charge on any atom is -0.318 e. The molecule has 0 bridgehead atoms. The number of nitrogens with zero attached hydrogens (tertiary/aromatic N) is 1. The first-order chi connectivity index (χ1) is 6.16. The Labute approximate surface area is 82.7 Å². The van der Waals surface area contributed by atoms with Gasteiger partial charge >= 0.3 is 0 Å². The predicted octanol–water partition coefficient (Wildman–Crippen LogP) is 1.71. The Hall–Kier alpha value is -0.0800. The average Bonchev–Trinajstić information content (AvgIpc) is 1.95. The van der Waals surface area contributed by atoms with E-state index in [9.17, 15) is 0 Å². The topological polar surface area (TPSA) is 15.3 Å². The van der Waals surface area contributed by atoms with Crippen LogP contribution in [-0.4, -0.2) is 37.6 Å². The molecule has 0 spiro atoms. The van der Waals surface area contributed by atoms with Gasteiger partial charge in [-0.15, -0.1) is 0 Å². The number of hydrogen-bond donors (Lipinski definition) is 1. The molecule has 1 unspecified atom stereocenters. The first-order valence-electron chi connectivity index (χ1n) is 5.53. The molecule has 1 saturated carbocycles. The van der Waals surface area contributed by atoms with E-state index < -0.39 is 0 Å². The standard InChI is InChI=1S/C11H24N2/c1-9(2)11(8-12-3)13(4)10-6-5-7-10/h9-12H,5-8H2,1-4H3. The molecular formula is C11H24N2. The first-order valence-corrected chi connectivity index (χ1v) is 5.53. The minimum atomic E-state index is 0.704. The molecule has 13 heavy (non-hydrogen) atoms. The Morgan fingerprint density at radius 1 is 1.38 bits per heavy atom. The van der Waals surface area contributed by atoms with Crippen molar-refractivity contribution in [3.63, 3.8) is 0 Å².